The first-order valence-electron chi connectivity index (χ1n) is 4.39. The molecule has 1 N–H and O–H groups in total. The van der Waals surface area contributed by atoms with Crippen molar-refractivity contribution in [2.75, 3.05) is 7.11 Å². The molecule has 0 saturated heterocycles. The van der Waals surface area contributed by atoms with E-state index in [9.17, 15) is 0 Å². The van der Waals surface area contributed by atoms with E-state index in [1.807, 2.05) is 0 Å². The summed E-state index contributed by atoms with van der Waals surface area (Å²) in [6.07, 6.45) is 4.51. The largest absolute Gasteiger partial charge is 0.305 e. The molecule has 70 valence electrons. The van der Waals surface area contributed by atoms with Crippen LogP contribution in [0.2, 0.25) is 0 Å². The summed E-state index contributed by atoms with van der Waals surface area (Å²) >= 11 is 0. The van der Waals surface area contributed by atoms with Gasteiger partial charge in [0.25, 0.3) is 0 Å². The van der Waals surface area contributed by atoms with Gasteiger partial charge in [0.2, 0.25) is 0 Å². The van der Waals surface area contributed by atoms with Gasteiger partial charge in [-0.05, 0) is 0 Å². The third-order valence-corrected chi connectivity index (χ3v) is 2.67. The van der Waals surface area contributed by atoms with Crippen molar-refractivity contribution in [3.05, 3.63) is 12.2 Å². The molecule has 2 heteroatoms. The van der Waals surface area contributed by atoms with Crippen LogP contribution in [-0.2, 0) is 4.84 Å². The van der Waals surface area contributed by atoms with Crippen molar-refractivity contribution in [1.29, 1.82) is 0 Å². The average molecular weight is 169 g/mol. The van der Waals surface area contributed by atoms with E-state index in [2.05, 4.69) is 45.3 Å². The normalized spacial score (nSPS) is 26.4. The highest BCUT2D eigenvalue weighted by atomic mass is 16.6. The molecule has 0 spiro atoms. The summed E-state index contributed by atoms with van der Waals surface area (Å²) in [5.41, 5.74) is 3.42. The first kappa shape index (κ1) is 9.75. The average Bonchev–Trinajstić information content (AvgIpc) is 2.13. The second kappa shape index (κ2) is 2.86. The Bertz CT molecular complexity index is 176. The topological polar surface area (TPSA) is 21.3 Å². The lowest BCUT2D eigenvalue weighted by atomic mass is 9.77. The minimum absolute atomic E-state index is 0.180. The Balaban J connectivity index is 2.80. The van der Waals surface area contributed by atoms with Crippen LogP contribution in [0.25, 0.3) is 0 Å². The van der Waals surface area contributed by atoms with Gasteiger partial charge < -0.3 is 4.84 Å². The van der Waals surface area contributed by atoms with E-state index in [4.69, 9.17) is 4.84 Å². The molecule has 0 amide bonds. The van der Waals surface area contributed by atoms with E-state index in [0.29, 0.717) is 6.04 Å². The summed E-state index contributed by atoms with van der Waals surface area (Å²) in [5.74, 6) is 0. The van der Waals surface area contributed by atoms with E-state index in [1.54, 1.807) is 7.11 Å². The molecule has 0 aliphatic heterocycles. The lowest BCUT2D eigenvalue weighted by molar-refractivity contribution is 0.00485. The summed E-state index contributed by atoms with van der Waals surface area (Å²) < 4.78 is 0. The number of nitrogens with one attached hydrogen (secondary N) is 1. The zero-order valence-electron chi connectivity index (χ0n) is 8.64. The number of hydrogen-bond acceptors (Lipinski definition) is 2. The zero-order chi connectivity index (χ0) is 9.41. The van der Waals surface area contributed by atoms with Gasteiger partial charge in [0, 0.05) is 16.9 Å². The fraction of sp³-hybridized carbons (Fsp3) is 0.800. The molecule has 2 nitrogen and oxygen atoms in total. The lowest BCUT2D eigenvalue weighted by Gasteiger charge is -2.35. The highest BCUT2D eigenvalue weighted by molar-refractivity contribution is 5.19. The first-order chi connectivity index (χ1) is 5.40. The van der Waals surface area contributed by atoms with Crippen molar-refractivity contribution >= 4 is 0 Å². The minimum Gasteiger partial charge on any atom is -0.305 e. The van der Waals surface area contributed by atoms with Crippen LogP contribution in [0.1, 0.15) is 27.7 Å². The Morgan fingerprint density at radius 3 is 1.83 bits per heavy atom. The summed E-state index contributed by atoms with van der Waals surface area (Å²) in [6, 6.07) is 0.356. The van der Waals surface area contributed by atoms with Crippen molar-refractivity contribution in [2.45, 2.75) is 33.7 Å². The van der Waals surface area contributed by atoms with Crippen molar-refractivity contribution in [3.8, 4) is 0 Å². The van der Waals surface area contributed by atoms with Gasteiger partial charge >= 0.3 is 0 Å². The summed E-state index contributed by atoms with van der Waals surface area (Å²) in [7, 11) is 1.67. The molecule has 0 fully saturated rings. The molecule has 1 aliphatic rings. The van der Waals surface area contributed by atoms with E-state index >= 15 is 0 Å². The van der Waals surface area contributed by atoms with E-state index in [-0.39, 0.29) is 10.8 Å². The molecule has 12 heavy (non-hydrogen) atoms. The van der Waals surface area contributed by atoms with Gasteiger partial charge in [-0.1, -0.05) is 39.8 Å². The van der Waals surface area contributed by atoms with Crippen LogP contribution in [0, 0.1) is 10.8 Å². The van der Waals surface area contributed by atoms with Gasteiger partial charge in [-0.25, -0.2) is 0 Å². The predicted octanol–water partition coefficient (Wildman–Crippen LogP) is 2.13. The Morgan fingerprint density at radius 2 is 1.50 bits per heavy atom. The van der Waals surface area contributed by atoms with Crippen molar-refractivity contribution < 1.29 is 4.84 Å². The maximum atomic E-state index is 5.01. The molecule has 1 rings (SSSR count). The molecular weight excluding hydrogens is 150 g/mol. The standard InChI is InChI=1S/C10H19NO/c1-9(2)6-7-10(3,4)8(9)11-12-5/h6-8,11H,1-5H3. The second-order valence-corrected chi connectivity index (χ2v) is 4.73. The van der Waals surface area contributed by atoms with Crippen LogP contribution in [0.3, 0.4) is 0 Å². The van der Waals surface area contributed by atoms with Gasteiger partial charge in [-0.15, -0.1) is 0 Å². The van der Waals surface area contributed by atoms with Gasteiger partial charge in [-0.2, -0.15) is 5.48 Å². The van der Waals surface area contributed by atoms with Crippen LogP contribution < -0.4 is 5.48 Å². The quantitative estimate of drug-likeness (QED) is 0.505. The van der Waals surface area contributed by atoms with Gasteiger partial charge in [0.05, 0.1) is 7.11 Å². The Kier molecular flexibility index (Phi) is 2.32. The highest BCUT2D eigenvalue weighted by Gasteiger charge is 2.42. The molecular formula is C10H19NO. The molecule has 0 bridgehead atoms. The van der Waals surface area contributed by atoms with Gasteiger partial charge in [0.15, 0.2) is 0 Å². The van der Waals surface area contributed by atoms with Gasteiger partial charge in [-0.3, -0.25) is 0 Å². The second-order valence-electron chi connectivity index (χ2n) is 4.73. The Morgan fingerprint density at radius 1 is 1.08 bits per heavy atom. The minimum atomic E-state index is 0.180. The van der Waals surface area contributed by atoms with Crippen molar-refractivity contribution in [1.82, 2.24) is 5.48 Å². The molecule has 0 radical (unpaired) electrons. The van der Waals surface area contributed by atoms with Crippen LogP contribution in [0.5, 0.6) is 0 Å². The lowest BCUT2D eigenvalue weighted by Crippen LogP contribution is -2.46. The van der Waals surface area contributed by atoms with Gasteiger partial charge in [0.1, 0.15) is 0 Å². The molecule has 0 aromatic rings. The third-order valence-electron chi connectivity index (χ3n) is 2.67. The van der Waals surface area contributed by atoms with Crippen molar-refractivity contribution in [3.63, 3.8) is 0 Å². The van der Waals surface area contributed by atoms with Crippen molar-refractivity contribution in [2.24, 2.45) is 10.8 Å². The molecule has 0 aromatic carbocycles. The molecule has 0 atom stereocenters. The van der Waals surface area contributed by atoms with E-state index < -0.39 is 0 Å². The van der Waals surface area contributed by atoms with Crippen LogP contribution in [0.4, 0.5) is 0 Å². The fourth-order valence-corrected chi connectivity index (χ4v) is 2.00. The molecule has 0 heterocycles. The highest BCUT2D eigenvalue weighted by Crippen LogP contribution is 2.42. The maximum Gasteiger partial charge on any atom is 0.0572 e. The summed E-state index contributed by atoms with van der Waals surface area (Å²) in [5, 5.41) is 0. The molecule has 0 unspecified atom stereocenters. The zero-order valence-corrected chi connectivity index (χ0v) is 8.64. The molecule has 1 aliphatic carbocycles. The number of rotatable bonds is 2. The third kappa shape index (κ3) is 1.54. The number of hydroxylamine groups is 1. The SMILES string of the molecule is CONC1C(C)(C)C=CC1(C)C. The fourth-order valence-electron chi connectivity index (χ4n) is 2.00. The van der Waals surface area contributed by atoms with Crippen LogP contribution in [0.15, 0.2) is 12.2 Å². The Hall–Kier alpha value is -0.340. The molecule has 0 saturated carbocycles. The smallest absolute Gasteiger partial charge is 0.0572 e. The monoisotopic (exact) mass is 169 g/mol. The predicted molar refractivity (Wildman–Crippen MR) is 50.6 cm³/mol. The number of hydrogen-bond donors (Lipinski definition) is 1. The first-order valence-corrected chi connectivity index (χ1v) is 4.39. The Labute approximate surface area is 74.9 Å². The summed E-state index contributed by atoms with van der Waals surface area (Å²) in [6.45, 7) is 8.87. The van der Waals surface area contributed by atoms with Crippen LogP contribution >= 0.6 is 0 Å². The van der Waals surface area contributed by atoms with E-state index in [1.165, 1.54) is 0 Å². The van der Waals surface area contributed by atoms with Crippen LogP contribution in [-0.4, -0.2) is 13.2 Å². The summed E-state index contributed by atoms with van der Waals surface area (Å²) in [4.78, 5) is 5.01. The maximum absolute atomic E-state index is 5.01. The molecule has 0 aromatic heterocycles. The van der Waals surface area contributed by atoms with E-state index in [0.717, 1.165) is 0 Å².